The van der Waals surface area contributed by atoms with E-state index in [-0.39, 0.29) is 0 Å². The number of nitrogens with zero attached hydrogens (tertiary/aromatic N) is 2. The van der Waals surface area contributed by atoms with Gasteiger partial charge in [-0.25, -0.2) is 4.68 Å². The van der Waals surface area contributed by atoms with Gasteiger partial charge < -0.3 is 0 Å². The fraction of sp³-hybridized carbons (Fsp3) is 0.188. The lowest BCUT2D eigenvalue weighted by atomic mass is 10.1. The molecule has 3 heteroatoms. The van der Waals surface area contributed by atoms with Crippen LogP contribution in [0.5, 0.6) is 0 Å². The number of aromatic nitrogens is 2. The van der Waals surface area contributed by atoms with Crippen LogP contribution in [-0.4, -0.2) is 9.78 Å². The van der Waals surface area contributed by atoms with Crippen molar-refractivity contribution in [3.8, 4) is 5.69 Å². The van der Waals surface area contributed by atoms with Crippen molar-refractivity contribution in [3.05, 3.63) is 57.7 Å². The van der Waals surface area contributed by atoms with Gasteiger partial charge in [0.2, 0.25) is 0 Å². The number of halogens is 1. The van der Waals surface area contributed by atoms with Crippen molar-refractivity contribution < 1.29 is 0 Å². The van der Waals surface area contributed by atoms with Crippen molar-refractivity contribution in [1.29, 1.82) is 0 Å². The third-order valence-corrected chi connectivity index (χ3v) is 4.72. The fourth-order valence-corrected chi connectivity index (χ4v) is 2.89. The third kappa shape index (κ3) is 1.89. The molecule has 0 aliphatic carbocycles. The Morgan fingerprint density at radius 1 is 1.05 bits per heavy atom. The minimum absolute atomic E-state index is 1.07. The summed E-state index contributed by atoms with van der Waals surface area (Å²) in [6.07, 6.45) is 0. The maximum absolute atomic E-state index is 4.70. The number of fused-ring (bicyclic) bond motifs is 1. The van der Waals surface area contributed by atoms with Gasteiger partial charge in [0.05, 0.1) is 16.9 Å². The summed E-state index contributed by atoms with van der Waals surface area (Å²) in [5.41, 5.74) is 5.83. The Balaban J connectivity index is 2.41. The van der Waals surface area contributed by atoms with E-state index in [9.17, 15) is 0 Å². The van der Waals surface area contributed by atoms with Gasteiger partial charge in [0.1, 0.15) is 0 Å². The number of para-hydroxylation sites is 1. The SMILES string of the molecule is Cc1cc2c(c(C)nn2-c2ccccc2)c(C)c1Br. The van der Waals surface area contributed by atoms with Crippen molar-refractivity contribution >= 4 is 26.8 Å². The lowest BCUT2D eigenvalue weighted by molar-refractivity contribution is 0.889. The summed E-state index contributed by atoms with van der Waals surface area (Å²) in [6.45, 7) is 6.33. The zero-order valence-corrected chi connectivity index (χ0v) is 12.8. The van der Waals surface area contributed by atoms with Crippen molar-refractivity contribution in [2.24, 2.45) is 0 Å². The summed E-state index contributed by atoms with van der Waals surface area (Å²) >= 11 is 3.66. The van der Waals surface area contributed by atoms with E-state index in [4.69, 9.17) is 5.10 Å². The smallest absolute Gasteiger partial charge is 0.0750 e. The highest BCUT2D eigenvalue weighted by Gasteiger charge is 2.14. The second kappa shape index (κ2) is 4.49. The molecule has 2 nitrogen and oxygen atoms in total. The average molecular weight is 315 g/mol. The molecule has 0 radical (unpaired) electrons. The van der Waals surface area contributed by atoms with Gasteiger partial charge in [0.25, 0.3) is 0 Å². The first-order chi connectivity index (χ1) is 9.09. The quantitative estimate of drug-likeness (QED) is 0.636. The highest BCUT2D eigenvalue weighted by molar-refractivity contribution is 9.10. The number of aryl methyl sites for hydroxylation is 3. The lowest BCUT2D eigenvalue weighted by Crippen LogP contribution is -1.96. The van der Waals surface area contributed by atoms with E-state index in [0.717, 1.165) is 11.4 Å². The maximum Gasteiger partial charge on any atom is 0.0750 e. The predicted molar refractivity (Wildman–Crippen MR) is 83.0 cm³/mol. The molecule has 19 heavy (non-hydrogen) atoms. The second-order valence-electron chi connectivity index (χ2n) is 4.86. The normalized spacial score (nSPS) is 11.2. The first-order valence-corrected chi connectivity index (χ1v) is 7.09. The Morgan fingerprint density at radius 2 is 1.74 bits per heavy atom. The van der Waals surface area contributed by atoms with Crippen LogP contribution < -0.4 is 0 Å². The monoisotopic (exact) mass is 314 g/mol. The molecule has 0 saturated carbocycles. The van der Waals surface area contributed by atoms with Gasteiger partial charge in [-0.3, -0.25) is 0 Å². The second-order valence-corrected chi connectivity index (χ2v) is 5.65. The number of hydrogen-bond donors (Lipinski definition) is 0. The van der Waals surface area contributed by atoms with Crippen LogP contribution in [0.25, 0.3) is 16.6 Å². The molecule has 1 aromatic heterocycles. The molecule has 0 bridgehead atoms. The molecule has 0 aliphatic rings. The van der Waals surface area contributed by atoms with Gasteiger partial charge in [-0.15, -0.1) is 0 Å². The highest BCUT2D eigenvalue weighted by Crippen LogP contribution is 2.32. The van der Waals surface area contributed by atoms with Gasteiger partial charge >= 0.3 is 0 Å². The molecule has 0 aliphatic heterocycles. The average Bonchev–Trinajstić information content (AvgIpc) is 2.74. The zero-order chi connectivity index (χ0) is 13.6. The molecular weight excluding hydrogens is 300 g/mol. The van der Waals surface area contributed by atoms with Crippen LogP contribution in [0.2, 0.25) is 0 Å². The maximum atomic E-state index is 4.70. The largest absolute Gasteiger partial charge is 0.233 e. The molecule has 1 heterocycles. The summed E-state index contributed by atoms with van der Waals surface area (Å²) in [6, 6.07) is 12.5. The van der Waals surface area contributed by atoms with Crippen LogP contribution in [0, 0.1) is 20.8 Å². The number of benzene rings is 2. The van der Waals surface area contributed by atoms with Gasteiger partial charge in [-0.05, 0) is 50.1 Å². The summed E-state index contributed by atoms with van der Waals surface area (Å²) < 4.78 is 3.20. The van der Waals surface area contributed by atoms with E-state index in [2.05, 4.69) is 54.9 Å². The predicted octanol–water partition coefficient (Wildman–Crippen LogP) is 4.71. The minimum atomic E-state index is 1.07. The molecule has 0 fully saturated rings. The zero-order valence-electron chi connectivity index (χ0n) is 11.2. The van der Waals surface area contributed by atoms with Gasteiger partial charge in [-0.2, -0.15) is 5.10 Å². The topological polar surface area (TPSA) is 17.8 Å². The van der Waals surface area contributed by atoms with Crippen LogP contribution >= 0.6 is 15.9 Å². The molecule has 3 aromatic rings. The Kier molecular flexibility index (Phi) is 2.94. The Morgan fingerprint density at radius 3 is 2.42 bits per heavy atom. The third-order valence-electron chi connectivity index (χ3n) is 3.50. The van der Waals surface area contributed by atoms with Gasteiger partial charge in [0, 0.05) is 9.86 Å². The van der Waals surface area contributed by atoms with E-state index in [1.165, 1.54) is 26.5 Å². The molecule has 0 N–H and O–H groups in total. The summed E-state index contributed by atoms with van der Waals surface area (Å²) in [4.78, 5) is 0. The highest BCUT2D eigenvalue weighted by atomic mass is 79.9. The first kappa shape index (κ1) is 12.4. The fourth-order valence-electron chi connectivity index (χ4n) is 2.58. The molecule has 0 spiro atoms. The minimum Gasteiger partial charge on any atom is -0.233 e. The first-order valence-electron chi connectivity index (χ1n) is 6.30. The van der Waals surface area contributed by atoms with Crippen LogP contribution in [-0.2, 0) is 0 Å². The summed E-state index contributed by atoms with van der Waals surface area (Å²) in [7, 11) is 0. The van der Waals surface area contributed by atoms with Crippen LogP contribution in [0.15, 0.2) is 40.9 Å². The number of rotatable bonds is 1. The van der Waals surface area contributed by atoms with Crippen molar-refractivity contribution in [3.63, 3.8) is 0 Å². The molecule has 0 amide bonds. The van der Waals surface area contributed by atoms with Gasteiger partial charge in [0.15, 0.2) is 0 Å². The van der Waals surface area contributed by atoms with Crippen LogP contribution in [0.3, 0.4) is 0 Å². The van der Waals surface area contributed by atoms with E-state index < -0.39 is 0 Å². The van der Waals surface area contributed by atoms with E-state index in [0.29, 0.717) is 0 Å². The summed E-state index contributed by atoms with van der Waals surface area (Å²) in [5.74, 6) is 0. The molecule has 96 valence electrons. The van der Waals surface area contributed by atoms with Crippen LogP contribution in [0.1, 0.15) is 16.8 Å². The molecular formula is C16H15BrN2. The van der Waals surface area contributed by atoms with Crippen LogP contribution in [0.4, 0.5) is 0 Å². The summed E-state index contributed by atoms with van der Waals surface area (Å²) in [5, 5.41) is 5.94. The van der Waals surface area contributed by atoms with Crippen molar-refractivity contribution in [2.75, 3.05) is 0 Å². The molecule has 3 rings (SSSR count). The molecule has 2 aromatic carbocycles. The Hall–Kier alpha value is -1.61. The lowest BCUT2D eigenvalue weighted by Gasteiger charge is -2.07. The van der Waals surface area contributed by atoms with E-state index in [1.807, 2.05) is 22.9 Å². The van der Waals surface area contributed by atoms with Gasteiger partial charge in [-0.1, -0.05) is 34.1 Å². The van der Waals surface area contributed by atoms with E-state index in [1.54, 1.807) is 0 Å². The molecule has 0 saturated heterocycles. The van der Waals surface area contributed by atoms with Crippen molar-refractivity contribution in [1.82, 2.24) is 9.78 Å². The Bertz CT molecular complexity index is 758. The van der Waals surface area contributed by atoms with E-state index >= 15 is 0 Å². The Labute approximate surface area is 121 Å². The molecule has 0 atom stereocenters. The number of hydrogen-bond acceptors (Lipinski definition) is 1. The standard InChI is InChI=1S/C16H15BrN2/c1-10-9-14-15(11(2)16(10)17)12(3)18-19(14)13-7-5-4-6-8-13/h4-9H,1-3H3. The van der Waals surface area contributed by atoms with Crippen molar-refractivity contribution in [2.45, 2.75) is 20.8 Å². The molecule has 0 unspecified atom stereocenters.